The lowest BCUT2D eigenvalue weighted by atomic mass is 10.1. The number of hydrogen-bond donors (Lipinski definition) is 0. The third-order valence-corrected chi connectivity index (χ3v) is 2.09. The van der Waals surface area contributed by atoms with Crippen molar-refractivity contribution in [3.63, 3.8) is 0 Å². The molecule has 16 heavy (non-hydrogen) atoms. The standard InChI is InChI=1S/C14H9NO/c16-11-14-10-15-9-8-13(14)7-6-12-4-2-1-3-5-12/h1-5,8-11H. The van der Waals surface area contributed by atoms with Gasteiger partial charge >= 0.3 is 0 Å². The van der Waals surface area contributed by atoms with E-state index < -0.39 is 0 Å². The summed E-state index contributed by atoms with van der Waals surface area (Å²) >= 11 is 0. The fourth-order valence-electron chi connectivity index (χ4n) is 1.28. The lowest BCUT2D eigenvalue weighted by molar-refractivity contribution is 0.112. The van der Waals surface area contributed by atoms with Crippen molar-refractivity contribution in [2.75, 3.05) is 0 Å². The van der Waals surface area contributed by atoms with Gasteiger partial charge in [-0.1, -0.05) is 30.0 Å². The van der Waals surface area contributed by atoms with Crippen LogP contribution in [0.5, 0.6) is 0 Å². The van der Waals surface area contributed by atoms with Crippen molar-refractivity contribution in [2.45, 2.75) is 0 Å². The molecule has 0 saturated carbocycles. The molecule has 0 fully saturated rings. The van der Waals surface area contributed by atoms with Crippen LogP contribution >= 0.6 is 0 Å². The first-order chi connectivity index (χ1) is 7.90. The maximum atomic E-state index is 10.7. The number of aldehydes is 1. The molecule has 0 spiro atoms. The van der Waals surface area contributed by atoms with Gasteiger partial charge in [0.1, 0.15) is 0 Å². The molecule has 76 valence electrons. The Morgan fingerprint density at radius 1 is 1.06 bits per heavy atom. The molecular weight excluding hydrogens is 198 g/mol. The Kier molecular flexibility index (Phi) is 3.10. The van der Waals surface area contributed by atoms with Gasteiger partial charge in [0.25, 0.3) is 0 Å². The SMILES string of the molecule is O=Cc1cnccc1C#Cc1ccccc1. The van der Waals surface area contributed by atoms with Crippen LogP contribution in [0.2, 0.25) is 0 Å². The molecule has 0 aliphatic carbocycles. The van der Waals surface area contributed by atoms with E-state index in [4.69, 9.17) is 0 Å². The minimum absolute atomic E-state index is 0.519. The summed E-state index contributed by atoms with van der Waals surface area (Å²) in [6.07, 6.45) is 3.91. The van der Waals surface area contributed by atoms with Crippen LogP contribution in [-0.2, 0) is 0 Å². The van der Waals surface area contributed by atoms with Gasteiger partial charge in [-0.15, -0.1) is 0 Å². The minimum Gasteiger partial charge on any atom is -0.298 e. The zero-order chi connectivity index (χ0) is 11.2. The lowest BCUT2D eigenvalue weighted by Crippen LogP contribution is -1.88. The molecule has 0 saturated heterocycles. The summed E-state index contributed by atoms with van der Waals surface area (Å²) in [6, 6.07) is 11.4. The van der Waals surface area contributed by atoms with Crippen molar-refractivity contribution in [1.29, 1.82) is 0 Å². The maximum Gasteiger partial charge on any atom is 0.152 e. The first-order valence-corrected chi connectivity index (χ1v) is 4.86. The number of pyridine rings is 1. The molecule has 0 unspecified atom stereocenters. The Morgan fingerprint density at radius 3 is 2.62 bits per heavy atom. The van der Waals surface area contributed by atoms with Crippen LogP contribution in [0, 0.1) is 11.8 Å². The topological polar surface area (TPSA) is 30.0 Å². The zero-order valence-corrected chi connectivity index (χ0v) is 8.55. The Balaban J connectivity index is 2.34. The van der Waals surface area contributed by atoms with Crippen LogP contribution in [0.15, 0.2) is 48.8 Å². The Labute approximate surface area is 94.0 Å². The Bertz CT molecular complexity index is 550. The highest BCUT2D eigenvalue weighted by Gasteiger charge is 1.96. The van der Waals surface area contributed by atoms with E-state index in [9.17, 15) is 4.79 Å². The molecular formula is C14H9NO. The highest BCUT2D eigenvalue weighted by Crippen LogP contribution is 2.03. The van der Waals surface area contributed by atoms with Gasteiger partial charge in [-0.05, 0) is 18.2 Å². The number of hydrogen-bond acceptors (Lipinski definition) is 2. The second-order valence-corrected chi connectivity index (χ2v) is 3.20. The van der Waals surface area contributed by atoms with Crippen LogP contribution in [0.25, 0.3) is 0 Å². The molecule has 1 aromatic carbocycles. The van der Waals surface area contributed by atoms with Crippen LogP contribution in [0.3, 0.4) is 0 Å². The summed E-state index contributed by atoms with van der Waals surface area (Å²) in [4.78, 5) is 14.6. The van der Waals surface area contributed by atoms with Gasteiger partial charge in [0.2, 0.25) is 0 Å². The molecule has 0 aliphatic rings. The van der Waals surface area contributed by atoms with Gasteiger partial charge in [-0.2, -0.15) is 0 Å². The van der Waals surface area contributed by atoms with Crippen molar-refractivity contribution < 1.29 is 4.79 Å². The van der Waals surface area contributed by atoms with Crippen LogP contribution in [0.4, 0.5) is 0 Å². The first-order valence-electron chi connectivity index (χ1n) is 4.86. The maximum absolute atomic E-state index is 10.7. The highest BCUT2D eigenvalue weighted by atomic mass is 16.1. The quantitative estimate of drug-likeness (QED) is 0.530. The predicted molar refractivity (Wildman–Crippen MR) is 62.0 cm³/mol. The normalized spacial score (nSPS) is 9.00. The second kappa shape index (κ2) is 4.90. The monoisotopic (exact) mass is 207 g/mol. The summed E-state index contributed by atoms with van der Waals surface area (Å²) in [5, 5.41) is 0. The van der Waals surface area contributed by atoms with E-state index in [1.807, 2.05) is 30.3 Å². The van der Waals surface area contributed by atoms with Crippen LogP contribution in [0.1, 0.15) is 21.5 Å². The molecule has 1 aromatic heterocycles. The number of rotatable bonds is 1. The minimum atomic E-state index is 0.519. The average Bonchev–Trinajstić information content (AvgIpc) is 2.38. The molecule has 0 radical (unpaired) electrons. The smallest absolute Gasteiger partial charge is 0.152 e. The fraction of sp³-hybridized carbons (Fsp3) is 0. The van der Waals surface area contributed by atoms with Gasteiger partial charge in [0.15, 0.2) is 6.29 Å². The van der Waals surface area contributed by atoms with E-state index in [0.717, 1.165) is 11.8 Å². The van der Waals surface area contributed by atoms with E-state index in [0.29, 0.717) is 11.1 Å². The largest absolute Gasteiger partial charge is 0.298 e. The van der Waals surface area contributed by atoms with E-state index in [-0.39, 0.29) is 0 Å². The predicted octanol–water partition coefficient (Wildman–Crippen LogP) is 2.29. The molecule has 2 nitrogen and oxygen atoms in total. The molecule has 2 rings (SSSR count). The number of carbonyl (C=O) groups is 1. The zero-order valence-electron chi connectivity index (χ0n) is 8.55. The lowest BCUT2D eigenvalue weighted by Gasteiger charge is -1.93. The second-order valence-electron chi connectivity index (χ2n) is 3.20. The van der Waals surface area contributed by atoms with E-state index in [2.05, 4.69) is 16.8 Å². The summed E-state index contributed by atoms with van der Waals surface area (Å²) in [5.41, 5.74) is 2.15. The number of aromatic nitrogens is 1. The van der Waals surface area contributed by atoms with E-state index in [1.54, 1.807) is 12.3 Å². The molecule has 0 bridgehead atoms. The van der Waals surface area contributed by atoms with Gasteiger partial charge in [0, 0.05) is 29.1 Å². The molecule has 0 aliphatic heterocycles. The highest BCUT2D eigenvalue weighted by molar-refractivity contribution is 5.78. The summed E-state index contributed by atoms with van der Waals surface area (Å²) < 4.78 is 0. The molecule has 0 atom stereocenters. The molecule has 0 amide bonds. The average molecular weight is 207 g/mol. The molecule has 1 heterocycles. The number of carbonyl (C=O) groups excluding carboxylic acids is 1. The fourth-order valence-corrected chi connectivity index (χ4v) is 1.28. The Hall–Kier alpha value is -2.40. The Morgan fingerprint density at radius 2 is 1.88 bits per heavy atom. The van der Waals surface area contributed by atoms with Gasteiger partial charge in [-0.25, -0.2) is 0 Å². The van der Waals surface area contributed by atoms with Crippen molar-refractivity contribution in [2.24, 2.45) is 0 Å². The molecule has 2 aromatic rings. The van der Waals surface area contributed by atoms with Crippen molar-refractivity contribution >= 4 is 6.29 Å². The summed E-state index contributed by atoms with van der Waals surface area (Å²) in [5.74, 6) is 5.96. The van der Waals surface area contributed by atoms with Crippen molar-refractivity contribution in [3.05, 3.63) is 65.5 Å². The summed E-state index contributed by atoms with van der Waals surface area (Å²) in [7, 11) is 0. The molecule has 0 N–H and O–H groups in total. The van der Waals surface area contributed by atoms with E-state index >= 15 is 0 Å². The van der Waals surface area contributed by atoms with Gasteiger partial charge < -0.3 is 0 Å². The van der Waals surface area contributed by atoms with Crippen LogP contribution in [-0.4, -0.2) is 11.3 Å². The number of benzene rings is 1. The van der Waals surface area contributed by atoms with E-state index in [1.165, 1.54) is 6.20 Å². The summed E-state index contributed by atoms with van der Waals surface area (Å²) in [6.45, 7) is 0. The third kappa shape index (κ3) is 2.34. The third-order valence-electron chi connectivity index (χ3n) is 2.09. The van der Waals surface area contributed by atoms with Crippen molar-refractivity contribution in [1.82, 2.24) is 4.98 Å². The van der Waals surface area contributed by atoms with Crippen LogP contribution < -0.4 is 0 Å². The number of nitrogens with zero attached hydrogens (tertiary/aromatic N) is 1. The van der Waals surface area contributed by atoms with Crippen molar-refractivity contribution in [3.8, 4) is 11.8 Å². The molecule has 2 heteroatoms. The van der Waals surface area contributed by atoms with Gasteiger partial charge in [-0.3, -0.25) is 9.78 Å². The first kappa shape index (κ1) is 10.1. The van der Waals surface area contributed by atoms with Gasteiger partial charge in [0.05, 0.1) is 0 Å².